The van der Waals surface area contributed by atoms with Crippen LogP contribution in [0.2, 0.25) is 0 Å². The molecule has 1 aromatic carbocycles. The quantitative estimate of drug-likeness (QED) is 0.602. The van der Waals surface area contributed by atoms with Crippen LogP contribution in [-0.2, 0) is 22.7 Å². The predicted octanol–water partition coefficient (Wildman–Crippen LogP) is 0.449. The molecular formula is C16H14N4O4. The van der Waals surface area contributed by atoms with E-state index in [2.05, 4.69) is 20.8 Å². The summed E-state index contributed by atoms with van der Waals surface area (Å²) in [5, 5.41) is 12.3. The van der Waals surface area contributed by atoms with Crippen molar-refractivity contribution < 1.29 is 14.0 Å². The number of H-pyrrole nitrogens is 1. The minimum atomic E-state index is -0.793. The first-order valence-electron chi connectivity index (χ1n) is 7.20. The van der Waals surface area contributed by atoms with Crippen molar-refractivity contribution in [2.45, 2.75) is 13.1 Å². The Morgan fingerprint density at radius 2 is 1.71 bits per heavy atom. The Balaban J connectivity index is 1.63. The number of rotatable bonds is 4. The molecule has 8 nitrogen and oxygen atoms in total. The molecular weight excluding hydrogens is 312 g/mol. The van der Waals surface area contributed by atoms with Crippen molar-refractivity contribution in [1.82, 2.24) is 20.8 Å². The van der Waals surface area contributed by atoms with E-state index in [0.29, 0.717) is 22.2 Å². The van der Waals surface area contributed by atoms with Crippen molar-refractivity contribution in [2.24, 2.45) is 0 Å². The maximum absolute atomic E-state index is 11.8. The molecule has 0 aliphatic heterocycles. The van der Waals surface area contributed by atoms with E-state index < -0.39 is 11.8 Å². The third kappa shape index (κ3) is 3.32. The van der Waals surface area contributed by atoms with E-state index >= 15 is 0 Å². The predicted molar refractivity (Wildman–Crippen MR) is 84.8 cm³/mol. The van der Waals surface area contributed by atoms with Crippen LogP contribution >= 0.6 is 0 Å². The topological polar surface area (TPSA) is 117 Å². The van der Waals surface area contributed by atoms with Crippen LogP contribution in [0, 0.1) is 0 Å². The second-order valence-electron chi connectivity index (χ2n) is 4.99. The molecule has 0 atom stereocenters. The molecule has 24 heavy (non-hydrogen) atoms. The summed E-state index contributed by atoms with van der Waals surface area (Å²) in [4.78, 5) is 35.3. The van der Waals surface area contributed by atoms with Gasteiger partial charge in [-0.3, -0.25) is 14.4 Å². The van der Waals surface area contributed by atoms with E-state index in [1.807, 2.05) is 0 Å². The molecule has 0 unspecified atom stereocenters. The lowest BCUT2D eigenvalue weighted by molar-refractivity contribution is -0.139. The van der Waals surface area contributed by atoms with Gasteiger partial charge in [-0.05, 0) is 18.2 Å². The maximum atomic E-state index is 11.8. The first-order valence-corrected chi connectivity index (χ1v) is 7.20. The maximum Gasteiger partial charge on any atom is 0.309 e. The van der Waals surface area contributed by atoms with Gasteiger partial charge in [0.1, 0.15) is 5.76 Å². The van der Waals surface area contributed by atoms with Gasteiger partial charge in [-0.2, -0.15) is 5.10 Å². The lowest BCUT2D eigenvalue weighted by atomic mass is 10.1. The van der Waals surface area contributed by atoms with Crippen LogP contribution in [0.3, 0.4) is 0 Å². The summed E-state index contributed by atoms with van der Waals surface area (Å²) in [7, 11) is 0. The molecule has 3 rings (SSSR count). The van der Waals surface area contributed by atoms with Crippen molar-refractivity contribution in [3.8, 4) is 0 Å². The molecule has 3 N–H and O–H groups in total. The van der Waals surface area contributed by atoms with Crippen LogP contribution in [0.25, 0.3) is 10.8 Å². The van der Waals surface area contributed by atoms with E-state index in [-0.39, 0.29) is 18.6 Å². The van der Waals surface area contributed by atoms with Gasteiger partial charge in [0.05, 0.1) is 30.4 Å². The summed E-state index contributed by atoms with van der Waals surface area (Å²) >= 11 is 0. The Morgan fingerprint density at radius 3 is 2.42 bits per heavy atom. The summed E-state index contributed by atoms with van der Waals surface area (Å²) < 4.78 is 5.06. The fraction of sp³-hybridized carbons (Fsp3) is 0.125. The first-order chi connectivity index (χ1) is 11.6. The molecule has 0 spiro atoms. The smallest absolute Gasteiger partial charge is 0.309 e. The molecule has 2 heterocycles. The van der Waals surface area contributed by atoms with Gasteiger partial charge in [0.15, 0.2) is 0 Å². The van der Waals surface area contributed by atoms with Gasteiger partial charge in [-0.15, -0.1) is 0 Å². The molecule has 2 aromatic heterocycles. The van der Waals surface area contributed by atoms with E-state index in [0.717, 1.165) is 0 Å². The molecule has 122 valence electrons. The Labute approximate surface area is 135 Å². The first kappa shape index (κ1) is 15.5. The number of carbonyl (C=O) groups excluding carboxylic acids is 2. The molecule has 3 aromatic rings. The number of aromatic amines is 1. The van der Waals surface area contributed by atoms with Gasteiger partial charge in [0, 0.05) is 5.39 Å². The van der Waals surface area contributed by atoms with Crippen LogP contribution < -0.4 is 16.2 Å². The Morgan fingerprint density at radius 1 is 1.00 bits per heavy atom. The zero-order chi connectivity index (χ0) is 16.9. The van der Waals surface area contributed by atoms with Crippen molar-refractivity contribution in [1.29, 1.82) is 0 Å². The highest BCUT2D eigenvalue weighted by atomic mass is 16.3. The molecule has 0 aliphatic rings. The number of hydrogen-bond donors (Lipinski definition) is 3. The number of amides is 2. The zero-order valence-electron chi connectivity index (χ0n) is 12.5. The highest BCUT2D eigenvalue weighted by Crippen LogP contribution is 2.11. The molecule has 8 heteroatoms. The molecule has 2 amide bonds. The fourth-order valence-corrected chi connectivity index (χ4v) is 2.21. The van der Waals surface area contributed by atoms with Crippen molar-refractivity contribution in [3.63, 3.8) is 0 Å². The lowest BCUT2D eigenvalue weighted by Gasteiger charge is -2.07. The monoisotopic (exact) mass is 326 g/mol. The fourth-order valence-electron chi connectivity index (χ4n) is 2.21. The SMILES string of the molecule is O=C(NCc1ccco1)C(=O)NCc1n[nH]c(=O)c2ccccc12. The van der Waals surface area contributed by atoms with Crippen molar-refractivity contribution >= 4 is 22.6 Å². The van der Waals surface area contributed by atoms with E-state index in [1.165, 1.54) is 6.26 Å². The minimum Gasteiger partial charge on any atom is -0.467 e. The standard InChI is InChI=1S/C16H14N4O4/c21-14-12-6-2-1-5-11(12)13(19-20-14)9-18-16(23)15(22)17-8-10-4-3-7-24-10/h1-7H,8-9H2,(H,17,22)(H,18,23)(H,20,21). The molecule has 0 aliphatic carbocycles. The van der Waals surface area contributed by atoms with Crippen LogP contribution in [-0.4, -0.2) is 22.0 Å². The third-order valence-corrected chi connectivity index (χ3v) is 3.40. The summed E-state index contributed by atoms with van der Waals surface area (Å²) in [6.45, 7) is 0.142. The summed E-state index contributed by atoms with van der Waals surface area (Å²) in [6.07, 6.45) is 1.48. The van der Waals surface area contributed by atoms with E-state index in [9.17, 15) is 14.4 Å². The highest BCUT2D eigenvalue weighted by molar-refractivity contribution is 6.35. The summed E-state index contributed by atoms with van der Waals surface area (Å²) in [5.41, 5.74) is 0.161. The Kier molecular flexibility index (Phi) is 4.37. The van der Waals surface area contributed by atoms with E-state index in [1.54, 1.807) is 36.4 Å². The van der Waals surface area contributed by atoms with Gasteiger partial charge in [-0.1, -0.05) is 18.2 Å². The number of fused-ring (bicyclic) bond motifs is 1. The van der Waals surface area contributed by atoms with Crippen molar-refractivity contribution in [3.05, 3.63) is 64.5 Å². The molecule has 0 fully saturated rings. The Bertz CT molecular complexity index is 931. The molecule has 0 saturated heterocycles. The van der Waals surface area contributed by atoms with Gasteiger partial charge in [0.25, 0.3) is 5.56 Å². The number of hydrogen-bond acceptors (Lipinski definition) is 5. The summed E-state index contributed by atoms with van der Waals surface area (Å²) in [5.74, 6) is -1.02. The largest absolute Gasteiger partial charge is 0.467 e. The highest BCUT2D eigenvalue weighted by Gasteiger charge is 2.14. The second kappa shape index (κ2) is 6.78. The zero-order valence-corrected chi connectivity index (χ0v) is 12.5. The van der Waals surface area contributed by atoms with Crippen molar-refractivity contribution in [2.75, 3.05) is 0 Å². The van der Waals surface area contributed by atoms with E-state index in [4.69, 9.17) is 4.42 Å². The second-order valence-corrected chi connectivity index (χ2v) is 4.99. The lowest BCUT2D eigenvalue weighted by Crippen LogP contribution is -2.39. The number of carbonyl (C=O) groups is 2. The van der Waals surface area contributed by atoms with Crippen LogP contribution in [0.15, 0.2) is 51.9 Å². The molecule has 0 saturated carbocycles. The molecule has 0 radical (unpaired) electrons. The van der Waals surface area contributed by atoms with Crippen LogP contribution in [0.1, 0.15) is 11.5 Å². The number of aromatic nitrogens is 2. The average molecular weight is 326 g/mol. The number of nitrogens with one attached hydrogen (secondary N) is 3. The summed E-state index contributed by atoms with van der Waals surface area (Å²) in [6, 6.07) is 10.3. The normalized spacial score (nSPS) is 10.5. The van der Waals surface area contributed by atoms with Crippen LogP contribution in [0.5, 0.6) is 0 Å². The third-order valence-electron chi connectivity index (χ3n) is 3.40. The number of nitrogens with zero attached hydrogens (tertiary/aromatic N) is 1. The Hall–Kier alpha value is -3.42. The molecule has 0 bridgehead atoms. The van der Waals surface area contributed by atoms with Gasteiger partial charge < -0.3 is 15.1 Å². The van der Waals surface area contributed by atoms with Gasteiger partial charge >= 0.3 is 11.8 Å². The number of furan rings is 1. The van der Waals surface area contributed by atoms with Gasteiger partial charge in [-0.25, -0.2) is 5.10 Å². The van der Waals surface area contributed by atoms with Crippen LogP contribution in [0.4, 0.5) is 0 Å². The number of benzene rings is 1. The average Bonchev–Trinajstić information content (AvgIpc) is 3.12. The minimum absolute atomic E-state index is 0.0182. The van der Waals surface area contributed by atoms with Gasteiger partial charge in [0.2, 0.25) is 0 Å².